The van der Waals surface area contributed by atoms with E-state index in [1.165, 1.54) is 225 Å². The lowest BCUT2D eigenvalue weighted by Gasteiger charge is -2.48. The molecule has 3 rings (SSSR count). The molecule has 0 radical (unpaired) electrons. The molecule has 522 valence electrons. The molecule has 19 nitrogen and oxygen atoms in total. The summed E-state index contributed by atoms with van der Waals surface area (Å²) in [6, 6.07) is -0.880. The Bertz CT molecular complexity index is 1600. The van der Waals surface area contributed by atoms with Gasteiger partial charge in [0, 0.05) is 6.42 Å². The van der Waals surface area contributed by atoms with E-state index in [0.717, 1.165) is 44.9 Å². The molecule has 3 saturated heterocycles. The highest BCUT2D eigenvalue weighted by atomic mass is 16.8. The van der Waals surface area contributed by atoms with Gasteiger partial charge in [-0.3, -0.25) is 4.79 Å². The number of aliphatic hydroxyl groups is 11. The topological polar surface area (TPSA) is 307 Å². The molecular formula is C69H133NO18. The molecule has 0 aromatic heterocycles. The van der Waals surface area contributed by atoms with Crippen molar-refractivity contribution < 1.29 is 89.4 Å². The second-order valence-corrected chi connectivity index (χ2v) is 26.4. The third kappa shape index (κ3) is 33.8. The Kier molecular flexibility index (Phi) is 48.0. The molecule has 0 spiro atoms. The van der Waals surface area contributed by atoms with Gasteiger partial charge in [-0.25, -0.2) is 0 Å². The van der Waals surface area contributed by atoms with Crippen molar-refractivity contribution in [2.45, 2.75) is 407 Å². The SMILES string of the molecule is CCCCCCCCCCCCCCCCCCCCCCCCCCCCCCCCCCC(=O)NC(COC1OC(CO)C(OC2OC(CO)C(OC3OC(CO)C(O)C(O)C3O)C(O)C2O)C(O)C1O)C(O)CCCCCCCCCCCCC. The first-order chi connectivity index (χ1) is 42.8. The largest absolute Gasteiger partial charge is 0.394 e. The first kappa shape index (κ1) is 81.0. The first-order valence-corrected chi connectivity index (χ1v) is 36.3. The van der Waals surface area contributed by atoms with Crippen molar-refractivity contribution in [1.82, 2.24) is 5.32 Å². The maximum atomic E-state index is 13.4. The lowest BCUT2D eigenvalue weighted by Crippen LogP contribution is -2.66. The third-order valence-electron chi connectivity index (χ3n) is 18.7. The van der Waals surface area contributed by atoms with E-state index in [2.05, 4.69) is 19.2 Å². The summed E-state index contributed by atoms with van der Waals surface area (Å²) in [6.07, 6.45) is 29.4. The summed E-state index contributed by atoms with van der Waals surface area (Å²) in [5.41, 5.74) is 0. The Morgan fingerprint density at radius 2 is 0.648 bits per heavy atom. The van der Waals surface area contributed by atoms with Crippen LogP contribution < -0.4 is 5.32 Å². The van der Waals surface area contributed by atoms with E-state index in [0.29, 0.717) is 12.8 Å². The van der Waals surface area contributed by atoms with Gasteiger partial charge in [0.05, 0.1) is 38.6 Å². The monoisotopic (exact) mass is 1260 g/mol. The summed E-state index contributed by atoms with van der Waals surface area (Å²) in [6.45, 7) is 1.82. The predicted molar refractivity (Wildman–Crippen MR) is 342 cm³/mol. The first-order valence-electron chi connectivity index (χ1n) is 36.3. The molecular weight excluding hydrogens is 1130 g/mol. The summed E-state index contributed by atoms with van der Waals surface area (Å²) in [4.78, 5) is 13.4. The third-order valence-corrected chi connectivity index (χ3v) is 18.7. The number of carbonyl (C=O) groups is 1. The molecule has 1 amide bonds. The summed E-state index contributed by atoms with van der Waals surface area (Å²) in [5.74, 6) is -0.237. The van der Waals surface area contributed by atoms with Crippen LogP contribution >= 0.6 is 0 Å². The van der Waals surface area contributed by atoms with Gasteiger partial charge in [0.1, 0.15) is 73.2 Å². The van der Waals surface area contributed by atoms with Crippen LogP contribution in [0.2, 0.25) is 0 Å². The van der Waals surface area contributed by atoms with Gasteiger partial charge in [-0.15, -0.1) is 0 Å². The predicted octanol–water partition coefficient (Wildman–Crippen LogP) is 9.89. The van der Waals surface area contributed by atoms with E-state index >= 15 is 0 Å². The number of unbranched alkanes of at least 4 members (excludes halogenated alkanes) is 41. The number of hydrogen-bond donors (Lipinski definition) is 12. The Morgan fingerprint density at radius 1 is 0.364 bits per heavy atom. The highest BCUT2D eigenvalue weighted by Gasteiger charge is 2.53. The van der Waals surface area contributed by atoms with E-state index in [4.69, 9.17) is 28.4 Å². The average molecular weight is 1260 g/mol. The van der Waals surface area contributed by atoms with Crippen molar-refractivity contribution in [3.8, 4) is 0 Å². The molecule has 3 heterocycles. The molecule has 0 aromatic carbocycles. The fourth-order valence-electron chi connectivity index (χ4n) is 12.8. The molecule has 0 saturated carbocycles. The van der Waals surface area contributed by atoms with Crippen molar-refractivity contribution in [3.63, 3.8) is 0 Å². The second kappa shape index (κ2) is 52.1. The summed E-state index contributed by atoms with van der Waals surface area (Å²) >= 11 is 0. The van der Waals surface area contributed by atoms with Crippen LogP contribution in [0.25, 0.3) is 0 Å². The van der Waals surface area contributed by atoms with Crippen molar-refractivity contribution in [2.75, 3.05) is 26.4 Å². The average Bonchev–Trinajstić information content (AvgIpc) is 3.13. The number of ether oxygens (including phenoxy) is 6. The van der Waals surface area contributed by atoms with Gasteiger partial charge in [-0.1, -0.05) is 284 Å². The Balaban J connectivity index is 1.32. The Labute approximate surface area is 532 Å². The van der Waals surface area contributed by atoms with Gasteiger partial charge in [-0.05, 0) is 12.8 Å². The highest BCUT2D eigenvalue weighted by Crippen LogP contribution is 2.33. The Morgan fingerprint density at radius 3 is 0.989 bits per heavy atom. The van der Waals surface area contributed by atoms with Gasteiger partial charge < -0.3 is 89.9 Å². The van der Waals surface area contributed by atoms with Crippen LogP contribution in [0.1, 0.15) is 303 Å². The normalized spacial score (nSPS) is 28.3. The van der Waals surface area contributed by atoms with Crippen LogP contribution in [0.4, 0.5) is 0 Å². The van der Waals surface area contributed by atoms with Crippen LogP contribution in [-0.2, 0) is 33.2 Å². The number of nitrogens with one attached hydrogen (secondary N) is 1. The van der Waals surface area contributed by atoms with Gasteiger partial charge >= 0.3 is 0 Å². The van der Waals surface area contributed by atoms with Crippen LogP contribution in [0.5, 0.6) is 0 Å². The molecule has 0 bridgehead atoms. The van der Waals surface area contributed by atoms with Gasteiger partial charge in [-0.2, -0.15) is 0 Å². The molecule has 19 heteroatoms. The second-order valence-electron chi connectivity index (χ2n) is 26.4. The standard InChI is InChI=1S/C69H133NO18/c1-3-5-7-9-11-13-15-16-17-18-19-20-21-22-23-24-25-26-27-28-29-30-31-32-33-34-35-37-39-41-43-45-47-57(75)70-52(53(74)46-44-42-40-38-36-14-12-10-8-6-4-2)51-83-67-63(81)60(78)65(55(49-72)85-67)88-69-64(82)61(79)66(56(50-73)86-69)87-68-62(80)59(77)58(76)54(48-71)84-68/h52-56,58-69,71-74,76-82H,3-51H2,1-2H3,(H,70,75). The van der Waals surface area contributed by atoms with Crippen molar-refractivity contribution in [2.24, 2.45) is 0 Å². The molecule has 17 unspecified atom stereocenters. The zero-order valence-electron chi connectivity index (χ0n) is 55.2. The van der Waals surface area contributed by atoms with Crippen LogP contribution in [0.3, 0.4) is 0 Å². The summed E-state index contributed by atoms with van der Waals surface area (Å²) < 4.78 is 34.4. The van der Waals surface area contributed by atoms with Gasteiger partial charge in [0.25, 0.3) is 0 Å². The van der Waals surface area contributed by atoms with E-state index in [1.54, 1.807) is 0 Å². The molecule has 88 heavy (non-hydrogen) atoms. The van der Waals surface area contributed by atoms with Crippen molar-refractivity contribution in [3.05, 3.63) is 0 Å². The molecule has 17 atom stereocenters. The maximum absolute atomic E-state index is 13.4. The van der Waals surface area contributed by atoms with E-state index in [1.807, 2.05) is 0 Å². The molecule has 3 aliphatic heterocycles. The molecule has 3 fully saturated rings. The summed E-state index contributed by atoms with van der Waals surface area (Å²) in [7, 11) is 0. The minimum Gasteiger partial charge on any atom is -0.394 e. The van der Waals surface area contributed by atoms with Crippen molar-refractivity contribution in [1.29, 1.82) is 0 Å². The van der Waals surface area contributed by atoms with E-state index in [-0.39, 0.29) is 18.9 Å². The van der Waals surface area contributed by atoms with Gasteiger partial charge in [0.2, 0.25) is 5.91 Å². The number of hydrogen-bond acceptors (Lipinski definition) is 18. The zero-order chi connectivity index (χ0) is 64.0. The fraction of sp³-hybridized carbons (Fsp3) is 0.986. The number of rotatable bonds is 57. The lowest BCUT2D eigenvalue weighted by atomic mass is 9.96. The molecule has 0 aliphatic carbocycles. The molecule has 0 aromatic rings. The minimum atomic E-state index is -1.97. The summed E-state index contributed by atoms with van der Waals surface area (Å²) in [5, 5.41) is 120. The highest BCUT2D eigenvalue weighted by molar-refractivity contribution is 5.76. The van der Waals surface area contributed by atoms with Crippen molar-refractivity contribution >= 4 is 5.91 Å². The fourth-order valence-corrected chi connectivity index (χ4v) is 12.8. The number of aliphatic hydroxyl groups excluding tert-OH is 11. The molecule has 3 aliphatic rings. The van der Waals surface area contributed by atoms with Crippen LogP contribution in [0.15, 0.2) is 0 Å². The van der Waals surface area contributed by atoms with Crippen LogP contribution in [-0.4, -0.2) is 193 Å². The van der Waals surface area contributed by atoms with Gasteiger partial charge in [0.15, 0.2) is 18.9 Å². The Hall–Kier alpha value is -1.21. The van der Waals surface area contributed by atoms with E-state index < -0.39 is 124 Å². The van der Waals surface area contributed by atoms with Crippen LogP contribution in [0, 0.1) is 0 Å². The lowest BCUT2D eigenvalue weighted by molar-refractivity contribution is -0.379. The smallest absolute Gasteiger partial charge is 0.220 e. The quantitative estimate of drug-likeness (QED) is 0.0252. The minimum absolute atomic E-state index is 0.237. The maximum Gasteiger partial charge on any atom is 0.220 e. The number of carbonyl (C=O) groups excluding carboxylic acids is 1. The molecule has 12 N–H and O–H groups in total. The van der Waals surface area contributed by atoms with E-state index in [9.17, 15) is 61.0 Å². The number of amides is 1. The zero-order valence-corrected chi connectivity index (χ0v) is 55.2.